The van der Waals surface area contributed by atoms with Crippen molar-refractivity contribution < 1.29 is 14.7 Å². The Morgan fingerprint density at radius 1 is 1.35 bits per heavy atom. The van der Waals surface area contributed by atoms with Gasteiger partial charge in [-0.2, -0.15) is 0 Å². The molecule has 7 heteroatoms. The van der Waals surface area contributed by atoms with Crippen LogP contribution in [0, 0.1) is 5.41 Å². The molecular formula is C19H28ClN3O3. The van der Waals surface area contributed by atoms with E-state index in [1.54, 1.807) is 11.8 Å². The van der Waals surface area contributed by atoms with Gasteiger partial charge in [0.15, 0.2) is 0 Å². The van der Waals surface area contributed by atoms with Crippen LogP contribution in [0.1, 0.15) is 38.8 Å². The van der Waals surface area contributed by atoms with Crippen molar-refractivity contribution in [2.75, 3.05) is 32.7 Å². The zero-order chi connectivity index (χ0) is 19.3. The highest BCUT2D eigenvalue weighted by Crippen LogP contribution is 2.30. The normalized spacial score (nSPS) is 21.0. The second kappa shape index (κ2) is 8.73. The molecule has 2 atom stereocenters. The summed E-state index contributed by atoms with van der Waals surface area (Å²) >= 11 is 6.38. The summed E-state index contributed by atoms with van der Waals surface area (Å²) in [6.07, 6.45) is 0.472. The van der Waals surface area contributed by atoms with Crippen LogP contribution in [0.2, 0.25) is 5.02 Å². The molecule has 0 radical (unpaired) electrons. The highest BCUT2D eigenvalue weighted by Gasteiger charge is 2.42. The lowest BCUT2D eigenvalue weighted by molar-refractivity contribution is -0.147. The first-order chi connectivity index (χ1) is 12.3. The number of likely N-dealkylation sites (tertiary alicyclic amines) is 1. The smallest absolute Gasteiger partial charge is 0.317 e. The van der Waals surface area contributed by atoms with E-state index in [2.05, 4.69) is 24.1 Å². The highest BCUT2D eigenvalue weighted by molar-refractivity contribution is 6.31. The Balaban J connectivity index is 2.07. The maximum atomic E-state index is 12.5. The van der Waals surface area contributed by atoms with Crippen molar-refractivity contribution in [2.24, 2.45) is 5.41 Å². The maximum absolute atomic E-state index is 12.5. The van der Waals surface area contributed by atoms with Gasteiger partial charge in [0.05, 0.1) is 11.5 Å². The predicted octanol–water partition coefficient (Wildman–Crippen LogP) is 3.23. The molecule has 1 saturated heterocycles. The van der Waals surface area contributed by atoms with E-state index in [-0.39, 0.29) is 18.6 Å². The topological polar surface area (TPSA) is 72.9 Å². The third-order valence-electron chi connectivity index (χ3n) is 5.24. The van der Waals surface area contributed by atoms with Gasteiger partial charge in [0.2, 0.25) is 0 Å². The van der Waals surface area contributed by atoms with Gasteiger partial charge in [-0.3, -0.25) is 9.69 Å². The molecule has 1 aliphatic heterocycles. The van der Waals surface area contributed by atoms with Gasteiger partial charge in [0, 0.05) is 24.7 Å². The Labute approximate surface area is 160 Å². The lowest BCUT2D eigenvalue weighted by atomic mass is 9.90. The Kier molecular flexibility index (Phi) is 6.89. The quantitative estimate of drug-likeness (QED) is 0.760. The van der Waals surface area contributed by atoms with Gasteiger partial charge >= 0.3 is 12.0 Å². The number of carbonyl (C=O) groups excluding carboxylic acids is 1. The first kappa shape index (κ1) is 20.5. The zero-order valence-electron chi connectivity index (χ0n) is 15.7. The van der Waals surface area contributed by atoms with Gasteiger partial charge in [-0.05, 0) is 38.1 Å². The molecule has 2 rings (SSSR count). The molecule has 2 amide bonds. The summed E-state index contributed by atoms with van der Waals surface area (Å²) in [6.45, 7) is 8.62. The maximum Gasteiger partial charge on any atom is 0.317 e. The van der Waals surface area contributed by atoms with Crippen molar-refractivity contribution in [2.45, 2.75) is 33.2 Å². The fourth-order valence-corrected chi connectivity index (χ4v) is 3.71. The van der Waals surface area contributed by atoms with Crippen LogP contribution < -0.4 is 5.32 Å². The van der Waals surface area contributed by atoms with Crippen LogP contribution in [0.25, 0.3) is 0 Å². The third kappa shape index (κ3) is 4.48. The van der Waals surface area contributed by atoms with Gasteiger partial charge in [-0.15, -0.1) is 0 Å². The fraction of sp³-hybridized carbons (Fsp3) is 0.579. The van der Waals surface area contributed by atoms with Crippen LogP contribution in [0.4, 0.5) is 4.79 Å². The van der Waals surface area contributed by atoms with Gasteiger partial charge < -0.3 is 15.3 Å². The number of hydrogen-bond donors (Lipinski definition) is 2. The fourth-order valence-electron chi connectivity index (χ4n) is 3.45. The summed E-state index contributed by atoms with van der Waals surface area (Å²) in [4.78, 5) is 27.7. The van der Waals surface area contributed by atoms with E-state index in [0.717, 1.165) is 18.7 Å². The van der Waals surface area contributed by atoms with E-state index >= 15 is 0 Å². The number of nitrogens with one attached hydrogen (secondary N) is 1. The SMILES string of the molecule is CCN(CC)C(CNC(=O)N1CCC(C)(C(=O)O)C1)c1ccccc1Cl. The van der Waals surface area contributed by atoms with Crippen molar-refractivity contribution >= 4 is 23.6 Å². The average Bonchev–Trinajstić information content (AvgIpc) is 3.03. The minimum absolute atomic E-state index is 0.0314. The second-order valence-electron chi connectivity index (χ2n) is 6.98. The Bertz CT molecular complexity index is 651. The molecule has 0 saturated carbocycles. The number of aliphatic carboxylic acids is 1. The van der Waals surface area contributed by atoms with E-state index in [9.17, 15) is 14.7 Å². The summed E-state index contributed by atoms with van der Waals surface area (Å²) in [5.41, 5.74) is 0.119. The van der Waals surface area contributed by atoms with Crippen LogP contribution in [-0.4, -0.2) is 59.6 Å². The molecule has 2 N–H and O–H groups in total. The zero-order valence-corrected chi connectivity index (χ0v) is 16.4. The molecule has 144 valence electrons. The van der Waals surface area contributed by atoms with Gasteiger partial charge in [0.25, 0.3) is 0 Å². The molecule has 0 aliphatic carbocycles. The van der Waals surface area contributed by atoms with Crippen molar-refractivity contribution in [3.8, 4) is 0 Å². The molecular weight excluding hydrogens is 354 g/mol. The number of nitrogens with zero attached hydrogens (tertiary/aromatic N) is 2. The van der Waals surface area contributed by atoms with E-state index in [4.69, 9.17) is 11.6 Å². The predicted molar refractivity (Wildman–Crippen MR) is 102 cm³/mol. The number of carboxylic acid groups (broad SMARTS) is 1. The molecule has 1 aromatic carbocycles. The first-order valence-corrected chi connectivity index (χ1v) is 9.44. The monoisotopic (exact) mass is 381 g/mol. The number of hydrogen-bond acceptors (Lipinski definition) is 3. The lowest BCUT2D eigenvalue weighted by Gasteiger charge is -2.31. The standard InChI is InChI=1S/C19H28ClN3O3/c1-4-22(5-2)16(14-8-6-7-9-15(14)20)12-21-18(26)23-11-10-19(3,13-23)17(24)25/h6-9,16H,4-5,10-13H2,1-3H3,(H,21,26)(H,24,25). The minimum atomic E-state index is -0.863. The Hall–Kier alpha value is -1.79. The van der Waals surface area contributed by atoms with Crippen molar-refractivity contribution in [3.05, 3.63) is 34.9 Å². The summed E-state index contributed by atoms with van der Waals surface area (Å²) in [5.74, 6) is -0.857. The first-order valence-electron chi connectivity index (χ1n) is 9.07. The Morgan fingerprint density at radius 3 is 2.54 bits per heavy atom. The largest absolute Gasteiger partial charge is 0.481 e. The summed E-state index contributed by atoms with van der Waals surface area (Å²) in [7, 11) is 0. The van der Waals surface area contributed by atoms with Crippen LogP contribution >= 0.6 is 11.6 Å². The molecule has 0 aromatic heterocycles. The van der Waals surface area contributed by atoms with Gasteiger partial charge in [-0.1, -0.05) is 43.6 Å². The number of urea groups is 1. The number of amides is 2. The molecule has 26 heavy (non-hydrogen) atoms. The van der Waals surface area contributed by atoms with Crippen molar-refractivity contribution in [3.63, 3.8) is 0 Å². The third-order valence-corrected chi connectivity index (χ3v) is 5.59. The average molecular weight is 382 g/mol. The summed E-state index contributed by atoms with van der Waals surface area (Å²) in [5, 5.41) is 13.0. The molecule has 1 aromatic rings. The van der Waals surface area contributed by atoms with Crippen molar-refractivity contribution in [1.82, 2.24) is 15.1 Å². The van der Waals surface area contributed by atoms with Crippen LogP contribution in [0.15, 0.2) is 24.3 Å². The number of likely N-dealkylation sites (N-methyl/N-ethyl adjacent to an activating group) is 1. The molecule has 0 bridgehead atoms. The highest BCUT2D eigenvalue weighted by atomic mass is 35.5. The molecule has 1 aliphatic rings. The van der Waals surface area contributed by atoms with E-state index < -0.39 is 11.4 Å². The van der Waals surface area contributed by atoms with Crippen LogP contribution in [-0.2, 0) is 4.79 Å². The van der Waals surface area contributed by atoms with Crippen LogP contribution in [0.3, 0.4) is 0 Å². The minimum Gasteiger partial charge on any atom is -0.481 e. The molecule has 1 fully saturated rings. The summed E-state index contributed by atoms with van der Waals surface area (Å²) in [6, 6.07) is 7.41. The van der Waals surface area contributed by atoms with Crippen LogP contribution in [0.5, 0.6) is 0 Å². The van der Waals surface area contributed by atoms with Gasteiger partial charge in [-0.25, -0.2) is 4.79 Å². The molecule has 2 unspecified atom stereocenters. The van der Waals surface area contributed by atoms with Crippen molar-refractivity contribution in [1.29, 1.82) is 0 Å². The molecule has 0 spiro atoms. The number of carbonyl (C=O) groups is 2. The molecule has 6 nitrogen and oxygen atoms in total. The second-order valence-corrected chi connectivity index (χ2v) is 7.39. The lowest BCUT2D eigenvalue weighted by Crippen LogP contribution is -2.44. The number of halogens is 1. The molecule has 1 heterocycles. The number of benzene rings is 1. The number of rotatable bonds is 7. The van der Waals surface area contributed by atoms with E-state index in [1.165, 1.54) is 0 Å². The Morgan fingerprint density at radius 2 is 2.00 bits per heavy atom. The van der Waals surface area contributed by atoms with Gasteiger partial charge in [0.1, 0.15) is 0 Å². The van der Waals surface area contributed by atoms with E-state index in [1.807, 2.05) is 24.3 Å². The van der Waals surface area contributed by atoms with E-state index in [0.29, 0.717) is 24.5 Å². The summed E-state index contributed by atoms with van der Waals surface area (Å²) < 4.78 is 0. The number of carboxylic acids is 1.